The number of carbonyl (C=O) groups is 1. The van der Waals surface area contributed by atoms with Gasteiger partial charge in [0.15, 0.2) is 0 Å². The van der Waals surface area contributed by atoms with Gasteiger partial charge < -0.3 is 11.1 Å². The van der Waals surface area contributed by atoms with Crippen LogP contribution in [0.3, 0.4) is 0 Å². The third kappa shape index (κ3) is 2.62. The first kappa shape index (κ1) is 14.0. The molecule has 0 aliphatic heterocycles. The van der Waals surface area contributed by atoms with Gasteiger partial charge in [0.25, 0.3) is 5.91 Å². The highest BCUT2D eigenvalue weighted by Gasteiger charge is 2.18. The van der Waals surface area contributed by atoms with Gasteiger partial charge in [0, 0.05) is 16.9 Å². The summed E-state index contributed by atoms with van der Waals surface area (Å²) in [6, 6.07) is 5.74. The molecule has 5 nitrogen and oxygen atoms in total. The van der Waals surface area contributed by atoms with Crippen molar-refractivity contribution in [2.24, 2.45) is 0 Å². The van der Waals surface area contributed by atoms with Crippen molar-refractivity contribution in [1.82, 2.24) is 9.97 Å². The number of hydrogen-bond donors (Lipinski definition) is 2. The lowest BCUT2D eigenvalue weighted by molar-refractivity contribution is 0.103. The van der Waals surface area contributed by atoms with Gasteiger partial charge in [-0.05, 0) is 40.5 Å². The lowest BCUT2D eigenvalue weighted by atomic mass is 10.2. The summed E-state index contributed by atoms with van der Waals surface area (Å²) in [5.41, 5.74) is 8.69. The summed E-state index contributed by atoms with van der Waals surface area (Å²) in [7, 11) is 0. The average Bonchev–Trinajstić information content (AvgIpc) is 2.81. The third-order valence-corrected chi connectivity index (χ3v) is 4.73. The summed E-state index contributed by atoms with van der Waals surface area (Å²) >= 11 is 4.65. The Hall–Kier alpha value is -1.99. The topological polar surface area (TPSA) is 80.9 Å². The number of anilines is 2. The summed E-state index contributed by atoms with van der Waals surface area (Å²) in [4.78, 5) is 21.8. The quantitative estimate of drug-likeness (QED) is 0.729. The molecule has 3 aromatic rings. The van der Waals surface area contributed by atoms with E-state index < -0.39 is 0 Å². The van der Waals surface area contributed by atoms with Gasteiger partial charge in [-0.15, -0.1) is 11.3 Å². The van der Waals surface area contributed by atoms with Gasteiger partial charge in [-0.25, -0.2) is 9.97 Å². The molecule has 0 atom stereocenters. The van der Waals surface area contributed by atoms with E-state index in [0.29, 0.717) is 26.6 Å². The molecule has 2 heterocycles. The number of hydrogen-bond acceptors (Lipinski definition) is 5. The number of halogens is 1. The summed E-state index contributed by atoms with van der Waals surface area (Å²) in [5, 5.41) is 2.86. The molecule has 7 heteroatoms. The van der Waals surface area contributed by atoms with E-state index in [1.54, 1.807) is 12.4 Å². The number of nitrogen functional groups attached to an aromatic ring is 1. The molecule has 0 saturated heterocycles. The van der Waals surface area contributed by atoms with Crippen molar-refractivity contribution < 1.29 is 4.79 Å². The number of fused-ring (bicyclic) bond motifs is 1. The fourth-order valence-electron chi connectivity index (χ4n) is 1.93. The Morgan fingerprint density at radius 2 is 2.10 bits per heavy atom. The second kappa shape index (κ2) is 5.42. The summed E-state index contributed by atoms with van der Waals surface area (Å²) in [5.74, 6) is -0.261. The number of amides is 1. The van der Waals surface area contributed by atoms with E-state index in [1.807, 2.05) is 25.1 Å². The molecule has 21 heavy (non-hydrogen) atoms. The van der Waals surface area contributed by atoms with E-state index in [9.17, 15) is 4.79 Å². The fraction of sp³-hybridized carbons (Fsp3) is 0.0714. The number of nitrogens with two attached hydrogens (primary N) is 1. The molecule has 0 unspecified atom stereocenters. The van der Waals surface area contributed by atoms with Gasteiger partial charge in [0.2, 0.25) is 0 Å². The van der Waals surface area contributed by atoms with E-state index in [4.69, 9.17) is 5.73 Å². The lowest BCUT2D eigenvalue weighted by Gasteiger charge is -2.07. The molecule has 2 aromatic heterocycles. The summed E-state index contributed by atoms with van der Waals surface area (Å²) < 4.78 is 0.817. The molecule has 0 aliphatic carbocycles. The first-order valence-electron chi connectivity index (χ1n) is 6.13. The molecule has 0 radical (unpaired) electrons. The first-order valence-corrected chi connectivity index (χ1v) is 7.73. The Kier molecular flexibility index (Phi) is 3.60. The molecule has 0 spiro atoms. The van der Waals surface area contributed by atoms with Gasteiger partial charge in [0.1, 0.15) is 15.2 Å². The smallest absolute Gasteiger partial charge is 0.268 e. The van der Waals surface area contributed by atoms with Gasteiger partial charge in [-0.3, -0.25) is 4.79 Å². The van der Waals surface area contributed by atoms with E-state index in [1.165, 1.54) is 11.3 Å². The Morgan fingerprint density at radius 3 is 2.86 bits per heavy atom. The highest BCUT2D eigenvalue weighted by molar-refractivity contribution is 9.10. The van der Waals surface area contributed by atoms with Crippen LogP contribution in [0.4, 0.5) is 11.4 Å². The summed E-state index contributed by atoms with van der Waals surface area (Å²) in [6.45, 7) is 1.96. The van der Waals surface area contributed by atoms with Crippen molar-refractivity contribution in [3.8, 4) is 0 Å². The van der Waals surface area contributed by atoms with E-state index in [2.05, 4.69) is 31.2 Å². The molecular weight excluding hydrogens is 352 g/mol. The van der Waals surface area contributed by atoms with Crippen LogP contribution in [0.2, 0.25) is 0 Å². The highest BCUT2D eigenvalue weighted by Crippen LogP contribution is 2.32. The van der Waals surface area contributed by atoms with Crippen LogP contribution in [-0.4, -0.2) is 15.9 Å². The maximum atomic E-state index is 12.4. The van der Waals surface area contributed by atoms with Crippen molar-refractivity contribution in [2.45, 2.75) is 6.92 Å². The fourth-order valence-corrected chi connectivity index (χ4v) is 3.19. The molecule has 3 N–H and O–H groups in total. The predicted molar refractivity (Wildman–Crippen MR) is 88.7 cm³/mol. The highest BCUT2D eigenvalue weighted by atomic mass is 79.9. The Bertz CT molecular complexity index is 846. The van der Waals surface area contributed by atoms with E-state index in [0.717, 1.165) is 10.0 Å². The largest absolute Gasteiger partial charge is 0.396 e. The van der Waals surface area contributed by atoms with E-state index >= 15 is 0 Å². The second-order valence-electron chi connectivity index (χ2n) is 4.49. The zero-order chi connectivity index (χ0) is 15.0. The maximum absolute atomic E-state index is 12.4. The molecular formula is C14H11BrN4OS. The first-order chi connectivity index (χ1) is 10.1. The number of aromatic nitrogens is 2. The molecule has 1 aromatic carbocycles. The Morgan fingerprint density at radius 1 is 1.33 bits per heavy atom. The monoisotopic (exact) mass is 362 g/mol. The van der Waals surface area contributed by atoms with Gasteiger partial charge in [-0.2, -0.15) is 0 Å². The van der Waals surface area contributed by atoms with Crippen LogP contribution in [-0.2, 0) is 0 Å². The van der Waals surface area contributed by atoms with Crippen molar-refractivity contribution in [2.75, 3.05) is 11.1 Å². The number of carbonyl (C=O) groups excluding carboxylic acids is 1. The summed E-state index contributed by atoms with van der Waals surface area (Å²) in [6.07, 6.45) is 3.14. The van der Waals surface area contributed by atoms with Gasteiger partial charge in [-0.1, -0.05) is 6.07 Å². The molecule has 0 fully saturated rings. The third-order valence-electron chi connectivity index (χ3n) is 2.94. The average molecular weight is 363 g/mol. The minimum Gasteiger partial charge on any atom is -0.396 e. The molecule has 0 saturated carbocycles. The minimum absolute atomic E-state index is 0.261. The van der Waals surface area contributed by atoms with E-state index in [-0.39, 0.29) is 5.91 Å². The van der Waals surface area contributed by atoms with Crippen LogP contribution in [0.5, 0.6) is 0 Å². The molecule has 1 amide bonds. The zero-order valence-electron chi connectivity index (χ0n) is 11.1. The van der Waals surface area contributed by atoms with Crippen LogP contribution in [0.15, 0.2) is 35.1 Å². The van der Waals surface area contributed by atoms with Crippen LogP contribution >= 0.6 is 27.3 Å². The zero-order valence-corrected chi connectivity index (χ0v) is 13.5. The standard InChI is InChI=1S/C14H11BrN4OS/c1-7-2-3-8(15)9(6-7)19-13(20)12-10(16)11-14(21-12)18-5-4-17-11/h2-6H,16H2,1H3,(H,19,20). The minimum atomic E-state index is -0.261. The van der Waals surface area contributed by atoms with Crippen LogP contribution in [0.25, 0.3) is 10.3 Å². The SMILES string of the molecule is Cc1ccc(Br)c(NC(=O)c2sc3nccnc3c2N)c1. The van der Waals surface area contributed by atoms with Crippen molar-refractivity contribution in [3.63, 3.8) is 0 Å². The Labute approximate surface area is 133 Å². The van der Waals surface area contributed by atoms with Gasteiger partial charge >= 0.3 is 0 Å². The number of rotatable bonds is 2. The van der Waals surface area contributed by atoms with Crippen LogP contribution in [0.1, 0.15) is 15.2 Å². The van der Waals surface area contributed by atoms with Gasteiger partial charge in [0.05, 0.1) is 11.4 Å². The molecule has 0 bridgehead atoms. The Balaban J connectivity index is 1.97. The number of nitrogens with one attached hydrogen (secondary N) is 1. The molecule has 106 valence electrons. The molecule has 3 rings (SSSR count). The van der Waals surface area contributed by atoms with Crippen LogP contribution < -0.4 is 11.1 Å². The second-order valence-corrected chi connectivity index (χ2v) is 6.35. The predicted octanol–water partition coefficient (Wildman–Crippen LogP) is 3.60. The number of thiophene rings is 1. The molecule has 0 aliphatic rings. The normalized spacial score (nSPS) is 10.8. The lowest BCUT2D eigenvalue weighted by Crippen LogP contribution is -2.12. The number of aryl methyl sites for hydroxylation is 1. The maximum Gasteiger partial charge on any atom is 0.268 e. The number of benzene rings is 1. The van der Waals surface area contributed by atoms with Crippen molar-refractivity contribution in [1.29, 1.82) is 0 Å². The van der Waals surface area contributed by atoms with Crippen molar-refractivity contribution in [3.05, 3.63) is 45.5 Å². The van der Waals surface area contributed by atoms with Crippen molar-refractivity contribution >= 4 is 54.9 Å². The van der Waals surface area contributed by atoms with Crippen LogP contribution in [0, 0.1) is 6.92 Å². The number of nitrogens with zero attached hydrogens (tertiary/aromatic N) is 2.